The lowest BCUT2D eigenvalue weighted by molar-refractivity contribution is -0.111. The van der Waals surface area contributed by atoms with E-state index in [2.05, 4.69) is 0 Å². The number of rotatable bonds is 0. The van der Waals surface area contributed by atoms with Crippen molar-refractivity contribution in [1.82, 2.24) is 0 Å². The molecule has 2 N–H and O–H groups in total. The SMILES string of the molecule is C[C@@H]1C(O)Oc2ccccc2[C@@H]1O. The van der Waals surface area contributed by atoms with Gasteiger partial charge in [0.25, 0.3) is 0 Å². The van der Waals surface area contributed by atoms with E-state index in [0.717, 1.165) is 5.56 Å². The van der Waals surface area contributed by atoms with Crippen LogP contribution in [-0.2, 0) is 0 Å². The standard InChI is InChI=1S/C10H12O3/c1-6-9(11)7-4-2-3-5-8(7)13-10(6)12/h2-6,9-12H,1H3/t6-,9+,10?/m0/s1. The van der Waals surface area contributed by atoms with Crippen LogP contribution in [0.3, 0.4) is 0 Å². The van der Waals surface area contributed by atoms with E-state index in [0.29, 0.717) is 5.75 Å². The summed E-state index contributed by atoms with van der Waals surface area (Å²) in [6.45, 7) is 1.76. The van der Waals surface area contributed by atoms with Gasteiger partial charge in [-0.15, -0.1) is 0 Å². The first-order valence-electron chi connectivity index (χ1n) is 4.32. The summed E-state index contributed by atoms with van der Waals surface area (Å²) in [5, 5.41) is 19.2. The molecule has 13 heavy (non-hydrogen) atoms. The van der Waals surface area contributed by atoms with Crippen molar-refractivity contribution < 1.29 is 14.9 Å². The van der Waals surface area contributed by atoms with Gasteiger partial charge in [0.1, 0.15) is 5.75 Å². The number of ether oxygens (including phenoxy) is 1. The molecule has 0 amide bonds. The summed E-state index contributed by atoms with van der Waals surface area (Å²) in [4.78, 5) is 0. The average molecular weight is 180 g/mol. The third kappa shape index (κ3) is 1.30. The first kappa shape index (κ1) is 8.53. The maximum atomic E-state index is 9.76. The predicted molar refractivity (Wildman–Crippen MR) is 47.2 cm³/mol. The molecule has 1 aromatic rings. The van der Waals surface area contributed by atoms with Crippen molar-refractivity contribution in [2.24, 2.45) is 5.92 Å². The van der Waals surface area contributed by atoms with Crippen LogP contribution < -0.4 is 4.74 Å². The van der Waals surface area contributed by atoms with Gasteiger partial charge in [0.05, 0.1) is 6.10 Å². The molecule has 0 saturated carbocycles. The Balaban J connectivity index is 2.43. The number of hydrogen-bond acceptors (Lipinski definition) is 3. The maximum absolute atomic E-state index is 9.76. The molecule has 0 aromatic heterocycles. The summed E-state index contributed by atoms with van der Waals surface area (Å²) in [5.41, 5.74) is 0.750. The lowest BCUT2D eigenvalue weighted by Gasteiger charge is -2.31. The van der Waals surface area contributed by atoms with Crippen molar-refractivity contribution in [1.29, 1.82) is 0 Å². The predicted octanol–water partition coefficient (Wildman–Crippen LogP) is 1.07. The van der Waals surface area contributed by atoms with Gasteiger partial charge in [-0.05, 0) is 6.07 Å². The number of benzene rings is 1. The van der Waals surface area contributed by atoms with Crippen LogP contribution in [0.4, 0.5) is 0 Å². The first-order valence-corrected chi connectivity index (χ1v) is 4.32. The van der Waals surface area contributed by atoms with Gasteiger partial charge in [0.2, 0.25) is 6.29 Å². The third-order valence-corrected chi connectivity index (χ3v) is 2.43. The molecule has 70 valence electrons. The monoisotopic (exact) mass is 180 g/mol. The van der Waals surface area contributed by atoms with E-state index >= 15 is 0 Å². The van der Waals surface area contributed by atoms with Crippen molar-refractivity contribution >= 4 is 0 Å². The highest BCUT2D eigenvalue weighted by Gasteiger charge is 2.32. The second kappa shape index (κ2) is 3.01. The largest absolute Gasteiger partial charge is 0.464 e. The molecule has 0 aliphatic carbocycles. The summed E-state index contributed by atoms with van der Waals surface area (Å²) in [5.74, 6) is 0.287. The maximum Gasteiger partial charge on any atom is 0.202 e. The van der Waals surface area contributed by atoms with Crippen molar-refractivity contribution in [3.05, 3.63) is 29.8 Å². The van der Waals surface area contributed by atoms with Gasteiger partial charge >= 0.3 is 0 Å². The smallest absolute Gasteiger partial charge is 0.202 e. The van der Waals surface area contributed by atoms with Crippen LogP contribution in [0.15, 0.2) is 24.3 Å². The average Bonchev–Trinajstić information content (AvgIpc) is 2.15. The van der Waals surface area contributed by atoms with Crippen molar-refractivity contribution in [3.8, 4) is 5.75 Å². The molecule has 1 unspecified atom stereocenters. The van der Waals surface area contributed by atoms with Crippen LogP contribution in [0.5, 0.6) is 5.75 Å². The lowest BCUT2D eigenvalue weighted by atomic mass is 9.94. The Labute approximate surface area is 76.6 Å². The number of fused-ring (bicyclic) bond motifs is 1. The number of hydrogen-bond donors (Lipinski definition) is 2. The fourth-order valence-electron chi connectivity index (χ4n) is 1.51. The van der Waals surface area contributed by atoms with Gasteiger partial charge < -0.3 is 14.9 Å². The highest BCUT2D eigenvalue weighted by atomic mass is 16.6. The van der Waals surface area contributed by atoms with E-state index in [1.54, 1.807) is 13.0 Å². The topological polar surface area (TPSA) is 49.7 Å². The van der Waals surface area contributed by atoms with E-state index in [1.807, 2.05) is 18.2 Å². The minimum Gasteiger partial charge on any atom is -0.464 e. The molecule has 1 aliphatic heterocycles. The number of aliphatic hydroxyl groups excluding tert-OH is 2. The quantitative estimate of drug-likeness (QED) is 0.627. The Hall–Kier alpha value is -1.06. The molecule has 0 saturated heterocycles. The second-order valence-electron chi connectivity index (χ2n) is 3.35. The molecule has 0 fully saturated rings. The van der Waals surface area contributed by atoms with Crippen LogP contribution in [0.2, 0.25) is 0 Å². The molecule has 2 rings (SSSR count). The Morgan fingerprint density at radius 2 is 1.92 bits per heavy atom. The van der Waals surface area contributed by atoms with Gasteiger partial charge in [0, 0.05) is 11.5 Å². The van der Waals surface area contributed by atoms with Crippen LogP contribution in [-0.4, -0.2) is 16.5 Å². The molecular formula is C10H12O3. The van der Waals surface area contributed by atoms with E-state index < -0.39 is 12.4 Å². The van der Waals surface area contributed by atoms with E-state index in [4.69, 9.17) is 4.74 Å². The Morgan fingerprint density at radius 1 is 1.23 bits per heavy atom. The van der Waals surface area contributed by atoms with Gasteiger partial charge in [-0.1, -0.05) is 25.1 Å². The van der Waals surface area contributed by atoms with E-state index in [1.165, 1.54) is 0 Å². The van der Waals surface area contributed by atoms with Crippen LogP contribution in [0, 0.1) is 5.92 Å². The Morgan fingerprint density at radius 3 is 2.69 bits per heavy atom. The fraction of sp³-hybridized carbons (Fsp3) is 0.400. The molecule has 1 heterocycles. The number of para-hydroxylation sites is 1. The Kier molecular flexibility index (Phi) is 1.98. The summed E-state index contributed by atoms with van der Waals surface area (Å²) < 4.78 is 5.21. The van der Waals surface area contributed by atoms with Gasteiger partial charge in [-0.25, -0.2) is 0 Å². The summed E-state index contributed by atoms with van der Waals surface area (Å²) >= 11 is 0. The summed E-state index contributed by atoms with van der Waals surface area (Å²) in [6, 6.07) is 7.21. The van der Waals surface area contributed by atoms with Gasteiger partial charge in [-0.3, -0.25) is 0 Å². The third-order valence-electron chi connectivity index (χ3n) is 2.43. The molecule has 0 bridgehead atoms. The van der Waals surface area contributed by atoms with Crippen molar-refractivity contribution in [2.45, 2.75) is 19.3 Å². The van der Waals surface area contributed by atoms with Gasteiger partial charge in [0.15, 0.2) is 0 Å². The molecule has 0 radical (unpaired) electrons. The van der Waals surface area contributed by atoms with Crippen molar-refractivity contribution in [3.63, 3.8) is 0 Å². The summed E-state index contributed by atoms with van der Waals surface area (Å²) in [7, 11) is 0. The zero-order chi connectivity index (χ0) is 9.42. The molecular weight excluding hydrogens is 168 g/mol. The summed E-state index contributed by atoms with van der Waals surface area (Å²) in [6.07, 6.45) is -1.55. The highest BCUT2D eigenvalue weighted by molar-refractivity contribution is 5.37. The zero-order valence-corrected chi connectivity index (χ0v) is 7.34. The van der Waals surface area contributed by atoms with Gasteiger partial charge in [-0.2, -0.15) is 0 Å². The minimum absolute atomic E-state index is 0.283. The second-order valence-corrected chi connectivity index (χ2v) is 3.35. The molecule has 3 nitrogen and oxygen atoms in total. The van der Waals surface area contributed by atoms with Crippen molar-refractivity contribution in [2.75, 3.05) is 0 Å². The molecule has 3 atom stereocenters. The number of aliphatic hydroxyl groups is 2. The lowest BCUT2D eigenvalue weighted by Crippen LogP contribution is -2.33. The molecule has 1 aliphatic rings. The fourth-order valence-corrected chi connectivity index (χ4v) is 1.51. The van der Waals surface area contributed by atoms with Crippen LogP contribution in [0.1, 0.15) is 18.6 Å². The zero-order valence-electron chi connectivity index (χ0n) is 7.34. The highest BCUT2D eigenvalue weighted by Crippen LogP contribution is 2.36. The molecule has 3 heteroatoms. The minimum atomic E-state index is -0.912. The molecule has 0 spiro atoms. The van der Waals surface area contributed by atoms with E-state index in [-0.39, 0.29) is 5.92 Å². The van der Waals surface area contributed by atoms with Crippen LogP contribution >= 0.6 is 0 Å². The van der Waals surface area contributed by atoms with E-state index in [9.17, 15) is 10.2 Å². The Bertz CT molecular complexity index is 311. The van der Waals surface area contributed by atoms with Crippen LogP contribution in [0.25, 0.3) is 0 Å². The normalized spacial score (nSPS) is 32.1. The molecule has 1 aromatic carbocycles. The first-order chi connectivity index (χ1) is 6.20.